The second-order valence-electron chi connectivity index (χ2n) is 12.9. The number of carbonyl (C=O) groups is 1. The summed E-state index contributed by atoms with van der Waals surface area (Å²) in [5, 5.41) is 31.6. The Bertz CT molecular complexity index is 694. The van der Waals surface area contributed by atoms with Gasteiger partial charge in [0.25, 0.3) is 0 Å². The molecule has 2 heterocycles. The molecule has 2 aliphatic heterocycles. The lowest BCUT2D eigenvalue weighted by atomic mass is 9.99. The van der Waals surface area contributed by atoms with Gasteiger partial charge in [0.05, 0.1) is 30.5 Å². The second kappa shape index (κ2) is 22.6. The van der Waals surface area contributed by atoms with Gasteiger partial charge in [-0.05, 0) is 64.4 Å². The molecule has 6 heteroatoms. The normalized spacial score (nSPS) is 23.0. The van der Waals surface area contributed by atoms with Crippen LogP contribution in [0.1, 0.15) is 168 Å². The smallest absolute Gasteiger partial charge is 0.334 e. The Balaban J connectivity index is 1.40. The summed E-state index contributed by atoms with van der Waals surface area (Å²) in [6.45, 7) is 4.15. The van der Waals surface area contributed by atoms with E-state index in [9.17, 15) is 20.1 Å². The Morgan fingerprint density at radius 2 is 1.17 bits per heavy atom. The summed E-state index contributed by atoms with van der Waals surface area (Å²) in [4.78, 5) is 11.6. The van der Waals surface area contributed by atoms with Crippen LogP contribution < -0.4 is 0 Å². The van der Waals surface area contributed by atoms with E-state index in [1.54, 1.807) is 0 Å². The van der Waals surface area contributed by atoms with Crippen molar-refractivity contribution in [3.05, 3.63) is 11.6 Å². The number of aliphatic hydroxyl groups is 3. The standard InChI is InChI=1S/C35H64O6/c1-3-4-5-6-7-8-9-10-11-12-16-19-22-31(37)33-25-26-34(41-33)32(38)24-23-30(36)21-18-15-13-14-17-20-29-27-28(2)40-35(29)39/h27-28,30-34,36-38H,3-26H2,1-2H3/t28-,30+,31-,32+,33+,34-/m0/s1. The van der Waals surface area contributed by atoms with Crippen LogP contribution in [0.5, 0.6) is 0 Å². The summed E-state index contributed by atoms with van der Waals surface area (Å²) in [6.07, 6.45) is 26.1. The third-order valence-corrected chi connectivity index (χ3v) is 9.07. The molecule has 41 heavy (non-hydrogen) atoms. The quantitative estimate of drug-likeness (QED) is 0.0707. The Morgan fingerprint density at radius 1 is 0.683 bits per heavy atom. The largest absolute Gasteiger partial charge is 0.455 e. The van der Waals surface area contributed by atoms with E-state index in [1.165, 1.54) is 70.6 Å². The van der Waals surface area contributed by atoms with Crippen molar-refractivity contribution in [3.8, 4) is 0 Å². The molecule has 0 bridgehead atoms. The Morgan fingerprint density at radius 3 is 1.71 bits per heavy atom. The van der Waals surface area contributed by atoms with Crippen LogP contribution in [0.3, 0.4) is 0 Å². The van der Waals surface area contributed by atoms with E-state index in [4.69, 9.17) is 9.47 Å². The molecule has 240 valence electrons. The summed E-state index contributed by atoms with van der Waals surface area (Å²) in [7, 11) is 0. The summed E-state index contributed by atoms with van der Waals surface area (Å²) in [6, 6.07) is 0. The van der Waals surface area contributed by atoms with Gasteiger partial charge in [0.15, 0.2) is 0 Å². The van der Waals surface area contributed by atoms with Gasteiger partial charge in [-0.3, -0.25) is 0 Å². The van der Waals surface area contributed by atoms with Crippen molar-refractivity contribution in [3.63, 3.8) is 0 Å². The van der Waals surface area contributed by atoms with E-state index in [2.05, 4.69) is 6.92 Å². The fourth-order valence-electron chi connectivity index (χ4n) is 6.37. The molecule has 0 unspecified atom stereocenters. The van der Waals surface area contributed by atoms with Gasteiger partial charge in [-0.15, -0.1) is 0 Å². The summed E-state index contributed by atoms with van der Waals surface area (Å²) in [5.74, 6) is -0.160. The monoisotopic (exact) mass is 580 g/mol. The number of hydrogen-bond donors (Lipinski definition) is 3. The number of ether oxygens (including phenoxy) is 2. The molecule has 1 saturated heterocycles. The Hall–Kier alpha value is -0.950. The van der Waals surface area contributed by atoms with Crippen molar-refractivity contribution >= 4 is 5.97 Å². The molecule has 2 aliphatic rings. The first-order valence-electron chi connectivity index (χ1n) is 17.5. The second-order valence-corrected chi connectivity index (χ2v) is 12.9. The SMILES string of the molecule is CCCCCCCCCCCCCC[C@H](O)[C@H]1CC[C@@H]([C@H](O)CC[C@H](O)CCCCCCCC2=C[C@H](C)OC2=O)O1. The van der Waals surface area contributed by atoms with Gasteiger partial charge in [-0.25, -0.2) is 4.79 Å². The van der Waals surface area contributed by atoms with Gasteiger partial charge in [-0.1, -0.05) is 110 Å². The Labute approximate surface area is 251 Å². The fourth-order valence-corrected chi connectivity index (χ4v) is 6.37. The van der Waals surface area contributed by atoms with Crippen molar-refractivity contribution in [2.75, 3.05) is 0 Å². The lowest BCUT2D eigenvalue weighted by Crippen LogP contribution is -2.31. The summed E-state index contributed by atoms with van der Waals surface area (Å²) in [5.41, 5.74) is 0.818. The van der Waals surface area contributed by atoms with Crippen molar-refractivity contribution in [2.45, 2.75) is 205 Å². The molecule has 6 nitrogen and oxygen atoms in total. The minimum absolute atomic E-state index is 0.0836. The highest BCUT2D eigenvalue weighted by molar-refractivity contribution is 5.90. The van der Waals surface area contributed by atoms with Crippen molar-refractivity contribution in [1.82, 2.24) is 0 Å². The highest BCUT2D eigenvalue weighted by Gasteiger charge is 2.34. The van der Waals surface area contributed by atoms with E-state index in [0.29, 0.717) is 12.8 Å². The summed E-state index contributed by atoms with van der Waals surface area (Å²) < 4.78 is 11.2. The molecule has 0 amide bonds. The first-order valence-corrected chi connectivity index (χ1v) is 17.5. The highest BCUT2D eigenvalue weighted by atomic mass is 16.5. The number of rotatable bonds is 26. The maximum absolute atomic E-state index is 11.6. The van der Waals surface area contributed by atoms with E-state index in [-0.39, 0.29) is 24.3 Å². The first-order chi connectivity index (χ1) is 19.9. The molecule has 0 aromatic rings. The van der Waals surface area contributed by atoms with Crippen molar-refractivity contribution < 1.29 is 29.6 Å². The van der Waals surface area contributed by atoms with Gasteiger partial charge >= 0.3 is 5.97 Å². The van der Waals surface area contributed by atoms with Crippen LogP contribution in [0.4, 0.5) is 0 Å². The molecule has 6 atom stereocenters. The Kier molecular flexibility index (Phi) is 20.0. The van der Waals surface area contributed by atoms with Crippen LogP contribution in [0, 0.1) is 0 Å². The predicted molar refractivity (Wildman–Crippen MR) is 167 cm³/mol. The molecule has 0 aliphatic carbocycles. The average Bonchev–Trinajstić information content (AvgIpc) is 3.58. The highest BCUT2D eigenvalue weighted by Crippen LogP contribution is 2.28. The molecule has 2 rings (SSSR count). The van der Waals surface area contributed by atoms with E-state index in [1.807, 2.05) is 13.0 Å². The van der Waals surface area contributed by atoms with E-state index in [0.717, 1.165) is 76.2 Å². The van der Waals surface area contributed by atoms with E-state index < -0.39 is 18.3 Å². The van der Waals surface area contributed by atoms with Crippen LogP contribution in [0.15, 0.2) is 11.6 Å². The lowest BCUT2D eigenvalue weighted by molar-refractivity contribution is -0.139. The fraction of sp³-hybridized carbons (Fsp3) is 0.914. The molecular weight excluding hydrogens is 516 g/mol. The van der Waals surface area contributed by atoms with Crippen LogP contribution in [-0.4, -0.2) is 57.9 Å². The third kappa shape index (κ3) is 16.5. The molecular formula is C35H64O6. The van der Waals surface area contributed by atoms with Gasteiger partial charge in [0.1, 0.15) is 6.10 Å². The van der Waals surface area contributed by atoms with Crippen LogP contribution >= 0.6 is 0 Å². The number of aliphatic hydroxyl groups excluding tert-OH is 3. The van der Waals surface area contributed by atoms with Crippen LogP contribution in [-0.2, 0) is 14.3 Å². The molecule has 0 saturated carbocycles. The molecule has 0 aromatic heterocycles. The maximum atomic E-state index is 11.6. The lowest BCUT2D eigenvalue weighted by Gasteiger charge is -2.23. The van der Waals surface area contributed by atoms with Crippen molar-refractivity contribution in [2.24, 2.45) is 0 Å². The first kappa shape index (κ1) is 36.2. The number of hydrogen-bond acceptors (Lipinski definition) is 6. The van der Waals surface area contributed by atoms with Crippen LogP contribution in [0.25, 0.3) is 0 Å². The number of unbranched alkanes of at least 4 members (excludes halogenated alkanes) is 15. The predicted octanol–water partition coefficient (Wildman–Crippen LogP) is 8.09. The van der Waals surface area contributed by atoms with E-state index >= 15 is 0 Å². The number of carbonyl (C=O) groups excluding carboxylic acids is 1. The van der Waals surface area contributed by atoms with Crippen LogP contribution in [0.2, 0.25) is 0 Å². The average molecular weight is 581 g/mol. The van der Waals surface area contributed by atoms with Crippen molar-refractivity contribution in [1.29, 1.82) is 0 Å². The number of cyclic esters (lactones) is 1. The maximum Gasteiger partial charge on any atom is 0.334 e. The molecule has 0 spiro atoms. The van der Waals surface area contributed by atoms with Gasteiger partial charge in [-0.2, -0.15) is 0 Å². The zero-order valence-corrected chi connectivity index (χ0v) is 26.6. The zero-order chi connectivity index (χ0) is 29.7. The third-order valence-electron chi connectivity index (χ3n) is 9.07. The topological polar surface area (TPSA) is 96.2 Å². The minimum atomic E-state index is -0.576. The van der Waals surface area contributed by atoms with Gasteiger partial charge in [0.2, 0.25) is 0 Å². The molecule has 0 radical (unpaired) electrons. The molecule has 3 N–H and O–H groups in total. The molecule has 0 aromatic carbocycles. The van der Waals surface area contributed by atoms with Gasteiger partial charge < -0.3 is 24.8 Å². The molecule has 1 fully saturated rings. The zero-order valence-electron chi connectivity index (χ0n) is 26.6. The number of esters is 1. The van der Waals surface area contributed by atoms with Gasteiger partial charge in [0, 0.05) is 5.57 Å². The summed E-state index contributed by atoms with van der Waals surface area (Å²) >= 11 is 0. The minimum Gasteiger partial charge on any atom is -0.455 e.